The molecule has 2 heterocycles. The Labute approximate surface area is 206 Å². The van der Waals surface area contributed by atoms with Gasteiger partial charge in [0.25, 0.3) is 5.91 Å². The zero-order valence-corrected chi connectivity index (χ0v) is 21.1. The number of halogens is 3. The SMILES string of the molecule is CC.CC.O=C(NO)C12CCC(CNC1)N2S(=O)c1cc(F)c(Oc2ccc(Cl)cc2)c(F)c1. The van der Waals surface area contributed by atoms with E-state index in [1.165, 1.54) is 28.6 Å². The lowest BCUT2D eigenvalue weighted by molar-refractivity contribution is -0.139. The fourth-order valence-corrected chi connectivity index (χ4v) is 5.71. The molecule has 2 aromatic rings. The molecule has 2 fully saturated rings. The van der Waals surface area contributed by atoms with E-state index in [0.717, 1.165) is 12.1 Å². The van der Waals surface area contributed by atoms with E-state index in [-0.39, 0.29) is 23.2 Å². The molecular formula is C23H30ClF2N3O4S. The van der Waals surface area contributed by atoms with Crippen molar-refractivity contribution in [2.24, 2.45) is 0 Å². The molecular weight excluding hydrogens is 488 g/mol. The van der Waals surface area contributed by atoms with Gasteiger partial charge in [0.2, 0.25) is 0 Å². The van der Waals surface area contributed by atoms with Crippen LogP contribution >= 0.6 is 11.6 Å². The van der Waals surface area contributed by atoms with E-state index in [9.17, 15) is 17.8 Å². The molecule has 0 spiro atoms. The maximum absolute atomic E-state index is 14.7. The van der Waals surface area contributed by atoms with Crippen LogP contribution in [0.25, 0.3) is 0 Å². The van der Waals surface area contributed by atoms with E-state index in [1.807, 2.05) is 27.7 Å². The van der Waals surface area contributed by atoms with Gasteiger partial charge in [-0.3, -0.25) is 10.0 Å². The average Bonchev–Trinajstić information content (AvgIpc) is 3.09. The Bertz CT molecular complexity index is 985. The van der Waals surface area contributed by atoms with Gasteiger partial charge in [0.1, 0.15) is 22.3 Å². The summed E-state index contributed by atoms with van der Waals surface area (Å²) >= 11 is 5.79. The maximum Gasteiger partial charge on any atom is 0.266 e. The summed E-state index contributed by atoms with van der Waals surface area (Å²) in [7, 11) is -2.04. The van der Waals surface area contributed by atoms with Crippen molar-refractivity contribution in [2.45, 2.75) is 57.0 Å². The van der Waals surface area contributed by atoms with E-state index in [2.05, 4.69) is 5.32 Å². The minimum atomic E-state index is -2.04. The Balaban J connectivity index is 0.000000970. The number of rotatable bonds is 5. The molecule has 2 aliphatic rings. The van der Waals surface area contributed by atoms with E-state index in [0.29, 0.717) is 24.4 Å². The normalized spacial score (nSPS) is 21.9. The summed E-state index contributed by atoms with van der Waals surface area (Å²) in [6.07, 6.45) is 0.903. The standard InChI is InChI=1S/C19H18ClF2N3O4S.2C2H6/c20-11-1-3-13(4-2-11)29-17-15(21)7-14(8-16(17)22)30(28)25-12-5-6-19(25,10-23-9-12)18(26)24-27;2*1-2/h1-4,7-8,12,23,27H,5-6,9-10H2,(H,24,26);2*1-2H3. The molecule has 7 nitrogen and oxygen atoms in total. The van der Waals surface area contributed by atoms with Crippen molar-refractivity contribution < 1.29 is 27.7 Å². The van der Waals surface area contributed by atoms with Gasteiger partial charge in [0, 0.05) is 24.2 Å². The zero-order valence-electron chi connectivity index (χ0n) is 19.5. The first-order chi connectivity index (χ1) is 16.4. The molecule has 2 saturated heterocycles. The highest BCUT2D eigenvalue weighted by molar-refractivity contribution is 7.82. The van der Waals surface area contributed by atoms with E-state index < -0.39 is 39.8 Å². The Hall–Kier alpha value is -2.11. The number of nitrogens with zero attached hydrogens (tertiary/aromatic N) is 1. The molecule has 188 valence electrons. The van der Waals surface area contributed by atoms with Crippen LogP contribution in [0.5, 0.6) is 11.5 Å². The van der Waals surface area contributed by atoms with Gasteiger partial charge in [-0.05, 0) is 49.2 Å². The quantitative estimate of drug-likeness (QED) is 0.391. The van der Waals surface area contributed by atoms with E-state index >= 15 is 0 Å². The number of nitrogens with one attached hydrogen (secondary N) is 2. The monoisotopic (exact) mass is 517 g/mol. The number of benzene rings is 2. The first-order valence-electron chi connectivity index (χ1n) is 11.1. The number of hydroxylamine groups is 1. The van der Waals surface area contributed by atoms with Crippen LogP contribution in [0.3, 0.4) is 0 Å². The molecule has 2 aromatic carbocycles. The fourth-order valence-electron chi connectivity index (χ4n) is 3.94. The molecule has 11 heteroatoms. The molecule has 2 bridgehead atoms. The molecule has 0 aliphatic carbocycles. The minimum Gasteiger partial charge on any atom is -0.451 e. The predicted molar refractivity (Wildman–Crippen MR) is 127 cm³/mol. The molecule has 2 aliphatic heterocycles. The molecule has 3 unspecified atom stereocenters. The van der Waals surface area contributed by atoms with Crippen molar-refractivity contribution in [1.82, 2.24) is 15.1 Å². The van der Waals surface area contributed by atoms with Crippen molar-refractivity contribution in [2.75, 3.05) is 13.1 Å². The van der Waals surface area contributed by atoms with Gasteiger partial charge in [0.15, 0.2) is 17.4 Å². The highest BCUT2D eigenvalue weighted by Gasteiger charge is 2.56. The number of hydrogen-bond donors (Lipinski definition) is 3. The topological polar surface area (TPSA) is 90.9 Å². The summed E-state index contributed by atoms with van der Waals surface area (Å²) in [5.74, 6) is -3.23. The van der Waals surface area contributed by atoms with Crippen LogP contribution in [-0.4, -0.2) is 44.3 Å². The first kappa shape index (κ1) is 28.1. The van der Waals surface area contributed by atoms with Crippen molar-refractivity contribution in [3.05, 3.63) is 53.1 Å². The number of carbonyl (C=O) groups excluding carboxylic acids is 1. The van der Waals surface area contributed by atoms with Gasteiger partial charge in [-0.1, -0.05) is 39.3 Å². The Kier molecular flexibility index (Phi) is 10.4. The molecule has 0 aromatic heterocycles. The van der Waals surface area contributed by atoms with Crippen LogP contribution < -0.4 is 15.5 Å². The number of ether oxygens (including phenoxy) is 1. The minimum absolute atomic E-state index is 0.141. The van der Waals surface area contributed by atoms with Gasteiger partial charge >= 0.3 is 0 Å². The molecule has 1 amide bonds. The maximum atomic E-state index is 14.7. The van der Waals surface area contributed by atoms with E-state index in [1.54, 1.807) is 5.48 Å². The van der Waals surface area contributed by atoms with Crippen LogP contribution in [0.15, 0.2) is 41.3 Å². The Morgan fingerprint density at radius 1 is 1.21 bits per heavy atom. The average molecular weight is 518 g/mol. The highest BCUT2D eigenvalue weighted by Crippen LogP contribution is 2.40. The van der Waals surface area contributed by atoms with Crippen LogP contribution in [-0.2, 0) is 15.8 Å². The Morgan fingerprint density at radius 2 is 1.79 bits per heavy atom. The highest BCUT2D eigenvalue weighted by atomic mass is 35.5. The smallest absolute Gasteiger partial charge is 0.266 e. The molecule has 4 rings (SSSR count). The predicted octanol–water partition coefficient (Wildman–Crippen LogP) is 4.80. The number of piperazine rings is 1. The van der Waals surface area contributed by atoms with Crippen LogP contribution in [0.2, 0.25) is 5.02 Å². The molecule has 3 N–H and O–H groups in total. The van der Waals surface area contributed by atoms with E-state index in [4.69, 9.17) is 21.5 Å². The van der Waals surface area contributed by atoms with Gasteiger partial charge < -0.3 is 10.1 Å². The van der Waals surface area contributed by atoms with Gasteiger partial charge in [-0.25, -0.2) is 18.5 Å². The molecule has 0 radical (unpaired) electrons. The van der Waals surface area contributed by atoms with Crippen molar-refractivity contribution in [3.63, 3.8) is 0 Å². The summed E-state index contributed by atoms with van der Waals surface area (Å²) in [6.45, 7) is 8.62. The zero-order chi connectivity index (χ0) is 25.5. The van der Waals surface area contributed by atoms with Crippen molar-refractivity contribution >= 4 is 28.5 Å². The van der Waals surface area contributed by atoms with Crippen molar-refractivity contribution in [1.29, 1.82) is 0 Å². The third kappa shape index (κ3) is 5.58. The summed E-state index contributed by atoms with van der Waals surface area (Å²) in [5.41, 5.74) is 0.350. The van der Waals surface area contributed by atoms with Crippen LogP contribution in [0.4, 0.5) is 8.78 Å². The second-order valence-electron chi connectivity index (χ2n) is 7.14. The van der Waals surface area contributed by atoms with Gasteiger partial charge in [-0.15, -0.1) is 0 Å². The summed E-state index contributed by atoms with van der Waals surface area (Å²) in [4.78, 5) is 12.2. The third-order valence-corrected chi connectivity index (χ3v) is 7.25. The van der Waals surface area contributed by atoms with Crippen molar-refractivity contribution in [3.8, 4) is 11.5 Å². The molecule has 0 saturated carbocycles. The lowest BCUT2D eigenvalue weighted by Crippen LogP contribution is -2.66. The second kappa shape index (κ2) is 12.6. The van der Waals surface area contributed by atoms with Gasteiger partial charge in [0.05, 0.1) is 4.90 Å². The first-order valence-corrected chi connectivity index (χ1v) is 12.6. The lowest BCUT2D eigenvalue weighted by Gasteiger charge is -2.41. The number of fused-ring (bicyclic) bond motifs is 2. The van der Waals surface area contributed by atoms with Gasteiger partial charge in [-0.2, -0.15) is 4.31 Å². The number of carbonyl (C=O) groups is 1. The summed E-state index contributed by atoms with van der Waals surface area (Å²) in [6, 6.07) is 7.52. The third-order valence-electron chi connectivity index (χ3n) is 5.35. The molecule has 34 heavy (non-hydrogen) atoms. The van der Waals surface area contributed by atoms with Crippen LogP contribution in [0.1, 0.15) is 40.5 Å². The molecule has 3 atom stereocenters. The second-order valence-corrected chi connectivity index (χ2v) is 8.94. The number of hydrogen-bond acceptors (Lipinski definition) is 5. The largest absolute Gasteiger partial charge is 0.451 e. The summed E-state index contributed by atoms with van der Waals surface area (Å²) in [5, 5.41) is 12.7. The fraction of sp³-hybridized carbons (Fsp3) is 0.435. The lowest BCUT2D eigenvalue weighted by atomic mass is 9.97. The summed E-state index contributed by atoms with van der Waals surface area (Å²) < 4.78 is 49.3. The van der Waals surface area contributed by atoms with Crippen LogP contribution in [0, 0.1) is 11.6 Å². The Morgan fingerprint density at radius 3 is 2.35 bits per heavy atom. The number of amides is 1.